The van der Waals surface area contributed by atoms with Crippen molar-refractivity contribution in [3.8, 4) is 0 Å². The van der Waals surface area contributed by atoms with Crippen LogP contribution in [0.2, 0.25) is 0 Å². The van der Waals surface area contributed by atoms with Gasteiger partial charge in [0.15, 0.2) is 11.6 Å². The summed E-state index contributed by atoms with van der Waals surface area (Å²) >= 11 is 0. The Balaban J connectivity index is 0.000000339. The number of carboxylic acids is 1. The molecule has 0 radical (unpaired) electrons. The van der Waals surface area contributed by atoms with E-state index in [9.17, 15) is 26.7 Å². The summed E-state index contributed by atoms with van der Waals surface area (Å²) in [5.41, 5.74) is 0.403. The highest BCUT2D eigenvalue weighted by molar-refractivity contribution is 5.96. The molecule has 0 bridgehead atoms. The van der Waals surface area contributed by atoms with E-state index in [4.69, 9.17) is 14.6 Å². The summed E-state index contributed by atoms with van der Waals surface area (Å²) in [4.78, 5) is 25.5. The predicted molar refractivity (Wildman–Crippen MR) is 99.5 cm³/mol. The molecule has 1 unspecified atom stereocenters. The molecule has 3 heterocycles. The number of carbonyl (C=O) groups is 2. The molecule has 172 valence electrons. The number of alkyl halides is 3. The number of amides is 1. The van der Waals surface area contributed by atoms with Gasteiger partial charge in [-0.2, -0.15) is 13.2 Å². The van der Waals surface area contributed by atoms with Crippen LogP contribution in [0.1, 0.15) is 25.7 Å². The maximum Gasteiger partial charge on any atom is 0.490 e. The zero-order valence-corrected chi connectivity index (χ0v) is 16.6. The Bertz CT molecular complexity index is 828. The second-order valence-electron chi connectivity index (χ2n) is 8.12. The summed E-state index contributed by atoms with van der Waals surface area (Å²) in [7, 11) is 0. The third-order valence-electron chi connectivity index (χ3n) is 5.95. The first-order chi connectivity index (χ1) is 14.5. The quantitative estimate of drug-likeness (QED) is 0.701. The second kappa shape index (κ2) is 9.07. The normalized spacial score (nSPS) is 25.1. The van der Waals surface area contributed by atoms with Crippen molar-refractivity contribution >= 4 is 17.6 Å². The van der Waals surface area contributed by atoms with Crippen molar-refractivity contribution in [1.29, 1.82) is 0 Å². The number of nitrogens with zero attached hydrogens (tertiary/aromatic N) is 2. The average Bonchev–Trinajstić information content (AvgIpc) is 3.27. The molecular formula is C20H23F5N2O4. The summed E-state index contributed by atoms with van der Waals surface area (Å²) in [6.45, 7) is 4.13. The van der Waals surface area contributed by atoms with E-state index in [1.807, 2.05) is 0 Å². The van der Waals surface area contributed by atoms with Crippen LogP contribution in [-0.2, 0) is 14.3 Å². The number of anilines is 1. The Morgan fingerprint density at radius 1 is 1.13 bits per heavy atom. The molecule has 3 aliphatic rings. The van der Waals surface area contributed by atoms with Crippen molar-refractivity contribution in [3.63, 3.8) is 0 Å². The number of hydrogen-bond acceptors (Lipinski definition) is 4. The van der Waals surface area contributed by atoms with Gasteiger partial charge in [0.1, 0.15) is 0 Å². The van der Waals surface area contributed by atoms with Crippen molar-refractivity contribution in [2.24, 2.45) is 5.41 Å². The van der Waals surface area contributed by atoms with E-state index < -0.39 is 23.8 Å². The Morgan fingerprint density at radius 2 is 1.77 bits per heavy atom. The maximum atomic E-state index is 13.5. The molecule has 1 aromatic carbocycles. The van der Waals surface area contributed by atoms with Gasteiger partial charge in [0.05, 0.1) is 0 Å². The molecule has 1 atom stereocenters. The van der Waals surface area contributed by atoms with Crippen LogP contribution in [0.3, 0.4) is 0 Å². The van der Waals surface area contributed by atoms with Gasteiger partial charge in [-0.05, 0) is 37.9 Å². The maximum absolute atomic E-state index is 13.5. The Labute approximate surface area is 175 Å². The predicted octanol–water partition coefficient (Wildman–Crippen LogP) is 3.21. The molecule has 31 heavy (non-hydrogen) atoms. The van der Waals surface area contributed by atoms with Crippen molar-refractivity contribution in [2.75, 3.05) is 37.7 Å². The molecule has 3 saturated heterocycles. The molecule has 3 aliphatic heterocycles. The number of ether oxygens (including phenoxy) is 1. The van der Waals surface area contributed by atoms with Crippen molar-refractivity contribution < 1.29 is 41.4 Å². The van der Waals surface area contributed by atoms with Gasteiger partial charge in [-0.1, -0.05) is 0 Å². The Morgan fingerprint density at radius 3 is 2.35 bits per heavy atom. The highest BCUT2D eigenvalue weighted by Crippen LogP contribution is 2.43. The molecule has 4 rings (SSSR count). The van der Waals surface area contributed by atoms with E-state index in [1.165, 1.54) is 6.07 Å². The van der Waals surface area contributed by atoms with Crippen molar-refractivity contribution in [2.45, 2.75) is 37.9 Å². The highest BCUT2D eigenvalue weighted by atomic mass is 19.4. The number of hydrogen-bond donors (Lipinski definition) is 1. The molecule has 1 spiro atoms. The van der Waals surface area contributed by atoms with Crippen molar-refractivity contribution in [1.82, 2.24) is 4.90 Å². The van der Waals surface area contributed by atoms with Crippen LogP contribution >= 0.6 is 0 Å². The molecule has 1 N–H and O–H groups in total. The summed E-state index contributed by atoms with van der Waals surface area (Å²) in [5.74, 6) is -4.54. The first kappa shape index (κ1) is 23.4. The van der Waals surface area contributed by atoms with E-state index in [-0.39, 0.29) is 11.3 Å². The lowest BCUT2D eigenvalue weighted by Crippen LogP contribution is -2.40. The lowest BCUT2D eigenvalue weighted by Gasteiger charge is -2.32. The zero-order valence-electron chi connectivity index (χ0n) is 16.6. The van der Waals surface area contributed by atoms with E-state index >= 15 is 0 Å². The highest BCUT2D eigenvalue weighted by Gasteiger charge is 2.49. The summed E-state index contributed by atoms with van der Waals surface area (Å²) in [6.07, 6.45) is -1.50. The molecule has 11 heteroatoms. The first-order valence-electron chi connectivity index (χ1n) is 9.88. The first-order valence-corrected chi connectivity index (χ1v) is 9.88. The van der Waals surface area contributed by atoms with E-state index in [0.29, 0.717) is 24.7 Å². The van der Waals surface area contributed by atoms with Gasteiger partial charge in [-0.15, -0.1) is 0 Å². The van der Waals surface area contributed by atoms with E-state index in [0.717, 1.165) is 57.7 Å². The third kappa shape index (κ3) is 5.51. The minimum absolute atomic E-state index is 0.00911. The minimum Gasteiger partial charge on any atom is -0.475 e. The number of aliphatic carboxylic acids is 1. The molecule has 1 aromatic rings. The molecule has 3 fully saturated rings. The number of benzene rings is 1. The van der Waals surface area contributed by atoms with Crippen LogP contribution in [0, 0.1) is 17.0 Å². The van der Waals surface area contributed by atoms with Crippen LogP contribution in [0.4, 0.5) is 27.6 Å². The van der Waals surface area contributed by atoms with Gasteiger partial charge in [0, 0.05) is 55.9 Å². The Kier molecular flexibility index (Phi) is 6.85. The van der Waals surface area contributed by atoms with Crippen molar-refractivity contribution in [3.05, 3.63) is 29.8 Å². The molecule has 0 saturated carbocycles. The zero-order chi connectivity index (χ0) is 22.8. The van der Waals surface area contributed by atoms with Crippen LogP contribution in [0.5, 0.6) is 0 Å². The average molecular weight is 450 g/mol. The van der Waals surface area contributed by atoms with Gasteiger partial charge in [0.2, 0.25) is 5.91 Å². The molecule has 0 aromatic heterocycles. The van der Waals surface area contributed by atoms with Crippen LogP contribution in [0.15, 0.2) is 18.2 Å². The number of carbonyl (C=O) groups excluding carboxylic acids is 1. The number of halogens is 5. The fraction of sp³-hybridized carbons (Fsp3) is 0.600. The largest absolute Gasteiger partial charge is 0.490 e. The molecule has 6 nitrogen and oxygen atoms in total. The minimum atomic E-state index is -5.08. The lowest BCUT2D eigenvalue weighted by molar-refractivity contribution is -0.192. The number of likely N-dealkylation sites (tertiary alicyclic amines) is 1. The summed E-state index contributed by atoms with van der Waals surface area (Å²) < 4.78 is 63.8. The SMILES string of the molecule is O=C(O)C(F)(F)F.O=C1CC2(CCN(C3CCOCC3)C2)CN1c1ccc(F)c(F)c1. The van der Waals surface area contributed by atoms with E-state index in [1.54, 1.807) is 4.90 Å². The summed E-state index contributed by atoms with van der Waals surface area (Å²) in [6, 6.07) is 4.25. The monoisotopic (exact) mass is 450 g/mol. The number of rotatable bonds is 2. The standard InChI is InChI=1S/C18H22F2N2O2.C2HF3O2/c19-15-2-1-14(9-16(15)20)22-12-18(10-17(22)23)5-6-21(11-18)13-3-7-24-8-4-13;3-2(4,5)1(6)7/h1-2,9,13H,3-8,10-12H2;(H,6,7). The van der Waals surface area contributed by atoms with Crippen LogP contribution in [0.25, 0.3) is 0 Å². The summed E-state index contributed by atoms with van der Waals surface area (Å²) in [5, 5.41) is 7.12. The molecular weight excluding hydrogens is 427 g/mol. The Hall–Kier alpha value is -2.27. The van der Waals surface area contributed by atoms with E-state index in [2.05, 4.69) is 4.90 Å². The van der Waals surface area contributed by atoms with Gasteiger partial charge in [-0.25, -0.2) is 13.6 Å². The van der Waals surface area contributed by atoms with Crippen LogP contribution in [-0.4, -0.2) is 66.9 Å². The van der Waals surface area contributed by atoms with Gasteiger partial charge >= 0.3 is 12.1 Å². The molecule has 0 aliphatic carbocycles. The number of carboxylic acid groups (broad SMARTS) is 1. The third-order valence-corrected chi connectivity index (χ3v) is 5.95. The van der Waals surface area contributed by atoms with Gasteiger partial charge in [0.25, 0.3) is 0 Å². The fourth-order valence-electron chi connectivity index (χ4n) is 4.39. The van der Waals surface area contributed by atoms with Gasteiger partial charge < -0.3 is 14.7 Å². The smallest absolute Gasteiger partial charge is 0.475 e. The lowest BCUT2D eigenvalue weighted by atomic mass is 9.86. The second-order valence-corrected chi connectivity index (χ2v) is 8.12. The fourth-order valence-corrected chi connectivity index (χ4v) is 4.39. The topological polar surface area (TPSA) is 70.1 Å². The van der Waals surface area contributed by atoms with Gasteiger partial charge in [-0.3, -0.25) is 9.69 Å². The van der Waals surface area contributed by atoms with Crippen LogP contribution < -0.4 is 4.90 Å². The molecule has 1 amide bonds.